The Kier molecular flexibility index (Phi) is 5.44. The first-order valence-corrected chi connectivity index (χ1v) is 5.56. The van der Waals surface area contributed by atoms with Gasteiger partial charge in [0, 0.05) is 0 Å². The Bertz CT molecular complexity index is 485. The fourth-order valence-corrected chi connectivity index (χ4v) is 1.55. The van der Waals surface area contributed by atoms with E-state index in [1.165, 1.54) is 33.5 Å². The molecule has 1 aromatic rings. The first-order chi connectivity index (χ1) is 9.03. The summed E-state index contributed by atoms with van der Waals surface area (Å²) in [6.07, 6.45) is 0. The number of carbonyl (C=O) groups is 2. The summed E-state index contributed by atoms with van der Waals surface area (Å²) in [5.74, 6) is -0.742. The second-order valence-corrected chi connectivity index (χ2v) is 3.75. The number of hydrogen-bond donors (Lipinski definition) is 0. The normalized spacial score (nSPS) is 9.68. The van der Waals surface area contributed by atoms with Gasteiger partial charge in [-0.1, -0.05) is 11.6 Å². The van der Waals surface area contributed by atoms with Crippen molar-refractivity contribution in [2.24, 2.45) is 0 Å². The Morgan fingerprint density at radius 3 is 2.37 bits per heavy atom. The van der Waals surface area contributed by atoms with Crippen LogP contribution in [0.2, 0.25) is 5.02 Å². The lowest BCUT2D eigenvalue weighted by Gasteiger charge is -2.12. The van der Waals surface area contributed by atoms with E-state index in [1.807, 2.05) is 0 Å². The van der Waals surface area contributed by atoms with Gasteiger partial charge in [-0.2, -0.15) is 0 Å². The third-order valence-corrected chi connectivity index (χ3v) is 2.49. The zero-order chi connectivity index (χ0) is 14.4. The molecule has 0 aliphatic carbocycles. The van der Waals surface area contributed by atoms with Crippen LogP contribution in [0.5, 0.6) is 11.5 Å². The van der Waals surface area contributed by atoms with E-state index in [1.54, 1.807) is 0 Å². The van der Waals surface area contributed by atoms with Gasteiger partial charge in [-0.05, 0) is 12.1 Å². The van der Waals surface area contributed by atoms with E-state index in [0.29, 0.717) is 0 Å². The molecule has 0 amide bonds. The number of rotatable bonds is 5. The summed E-state index contributed by atoms with van der Waals surface area (Å²) in [4.78, 5) is 22.4. The van der Waals surface area contributed by atoms with Gasteiger partial charge < -0.3 is 18.9 Å². The Labute approximate surface area is 115 Å². The number of esters is 2. The molecule has 0 unspecified atom stereocenters. The third-order valence-electron chi connectivity index (χ3n) is 2.21. The molecule has 104 valence electrons. The van der Waals surface area contributed by atoms with E-state index >= 15 is 0 Å². The van der Waals surface area contributed by atoms with E-state index in [4.69, 9.17) is 21.1 Å². The largest absolute Gasteiger partial charge is 0.493 e. The summed E-state index contributed by atoms with van der Waals surface area (Å²) in [7, 11) is 3.88. The van der Waals surface area contributed by atoms with Crippen molar-refractivity contribution in [1.82, 2.24) is 0 Å². The van der Waals surface area contributed by atoms with Gasteiger partial charge in [-0.25, -0.2) is 9.59 Å². The number of carbonyl (C=O) groups excluding carboxylic acids is 2. The van der Waals surface area contributed by atoms with Crippen LogP contribution in [-0.4, -0.2) is 39.9 Å². The minimum atomic E-state index is -0.560. The maximum Gasteiger partial charge on any atom is 0.343 e. The molecule has 0 N–H and O–H groups in total. The molecule has 0 heterocycles. The molecule has 0 atom stereocenters. The quantitative estimate of drug-likeness (QED) is 0.768. The van der Waals surface area contributed by atoms with Crippen LogP contribution in [-0.2, 0) is 14.3 Å². The first-order valence-electron chi connectivity index (χ1n) is 5.19. The van der Waals surface area contributed by atoms with E-state index in [-0.39, 0.29) is 28.7 Å². The topological polar surface area (TPSA) is 71.1 Å². The van der Waals surface area contributed by atoms with E-state index in [2.05, 4.69) is 9.47 Å². The number of methoxy groups -OCH3 is 3. The zero-order valence-electron chi connectivity index (χ0n) is 10.7. The van der Waals surface area contributed by atoms with E-state index in [9.17, 15) is 9.59 Å². The summed E-state index contributed by atoms with van der Waals surface area (Å²) in [5.41, 5.74) is 0.217. The van der Waals surface area contributed by atoms with Crippen LogP contribution in [0.3, 0.4) is 0 Å². The molecule has 6 nitrogen and oxygen atoms in total. The summed E-state index contributed by atoms with van der Waals surface area (Å²) in [6, 6.07) is 2.77. The highest BCUT2D eigenvalue weighted by atomic mass is 35.5. The van der Waals surface area contributed by atoms with Gasteiger partial charge >= 0.3 is 11.9 Å². The molecule has 0 bridgehead atoms. The van der Waals surface area contributed by atoms with Crippen LogP contribution in [0.4, 0.5) is 0 Å². The molecular weight excluding hydrogens is 276 g/mol. The standard InChI is InChI=1S/C12H13ClO6/c1-16-9-5-7(12(15)18-3)4-8(13)11(9)19-6-10(14)17-2/h4-5H,6H2,1-3H3. The highest BCUT2D eigenvalue weighted by Gasteiger charge is 2.17. The Balaban J connectivity index is 3.04. The molecule has 0 aliphatic heterocycles. The molecule has 19 heavy (non-hydrogen) atoms. The van der Waals surface area contributed by atoms with Crippen LogP contribution in [0.1, 0.15) is 10.4 Å². The fourth-order valence-electron chi connectivity index (χ4n) is 1.29. The van der Waals surface area contributed by atoms with Crippen molar-refractivity contribution in [3.8, 4) is 11.5 Å². The molecule has 0 aromatic heterocycles. The number of ether oxygens (including phenoxy) is 4. The monoisotopic (exact) mass is 288 g/mol. The Morgan fingerprint density at radius 1 is 1.16 bits per heavy atom. The molecule has 0 spiro atoms. The van der Waals surface area contributed by atoms with Gasteiger partial charge in [-0.15, -0.1) is 0 Å². The van der Waals surface area contributed by atoms with Crippen LogP contribution in [0.25, 0.3) is 0 Å². The minimum absolute atomic E-state index is 0.128. The highest BCUT2D eigenvalue weighted by Crippen LogP contribution is 2.36. The van der Waals surface area contributed by atoms with Crippen LogP contribution in [0, 0.1) is 0 Å². The SMILES string of the molecule is COC(=O)COc1c(Cl)cc(C(=O)OC)cc1OC. The van der Waals surface area contributed by atoms with Crippen molar-refractivity contribution >= 4 is 23.5 Å². The van der Waals surface area contributed by atoms with Crippen molar-refractivity contribution in [1.29, 1.82) is 0 Å². The predicted octanol–water partition coefficient (Wildman–Crippen LogP) is 1.69. The van der Waals surface area contributed by atoms with Crippen LogP contribution in [0.15, 0.2) is 12.1 Å². The van der Waals surface area contributed by atoms with Gasteiger partial charge in [0.25, 0.3) is 0 Å². The fraction of sp³-hybridized carbons (Fsp3) is 0.333. The molecule has 0 saturated heterocycles. The van der Waals surface area contributed by atoms with E-state index < -0.39 is 11.9 Å². The Morgan fingerprint density at radius 2 is 1.84 bits per heavy atom. The van der Waals surface area contributed by atoms with Gasteiger partial charge in [0.2, 0.25) is 0 Å². The predicted molar refractivity (Wildman–Crippen MR) is 66.9 cm³/mol. The summed E-state index contributed by atoms with van der Waals surface area (Å²) in [5, 5.41) is 0.128. The lowest BCUT2D eigenvalue weighted by Crippen LogP contribution is -2.13. The van der Waals surface area contributed by atoms with E-state index in [0.717, 1.165) is 0 Å². The average Bonchev–Trinajstić information content (AvgIpc) is 2.43. The lowest BCUT2D eigenvalue weighted by molar-refractivity contribution is -0.142. The number of hydrogen-bond acceptors (Lipinski definition) is 6. The summed E-state index contributed by atoms with van der Waals surface area (Å²) < 4.78 is 19.3. The molecule has 1 rings (SSSR count). The van der Waals surface area contributed by atoms with Crippen molar-refractivity contribution in [3.05, 3.63) is 22.7 Å². The minimum Gasteiger partial charge on any atom is -0.493 e. The summed E-state index contributed by atoms with van der Waals surface area (Å²) in [6.45, 7) is -0.315. The van der Waals surface area contributed by atoms with Gasteiger partial charge in [0.1, 0.15) is 0 Å². The molecule has 0 fully saturated rings. The van der Waals surface area contributed by atoms with Crippen LogP contribution < -0.4 is 9.47 Å². The molecule has 0 aliphatic rings. The zero-order valence-corrected chi connectivity index (χ0v) is 11.4. The maximum atomic E-state index is 11.4. The Hall–Kier alpha value is -1.95. The first kappa shape index (κ1) is 15.1. The molecule has 0 radical (unpaired) electrons. The van der Waals surface area contributed by atoms with Gasteiger partial charge in [0.05, 0.1) is 31.9 Å². The summed E-state index contributed by atoms with van der Waals surface area (Å²) >= 11 is 5.98. The third kappa shape index (κ3) is 3.75. The van der Waals surface area contributed by atoms with Crippen molar-refractivity contribution < 1.29 is 28.5 Å². The van der Waals surface area contributed by atoms with Crippen molar-refractivity contribution in [2.45, 2.75) is 0 Å². The number of benzene rings is 1. The highest BCUT2D eigenvalue weighted by molar-refractivity contribution is 6.32. The number of halogens is 1. The second-order valence-electron chi connectivity index (χ2n) is 3.35. The maximum absolute atomic E-state index is 11.4. The smallest absolute Gasteiger partial charge is 0.343 e. The average molecular weight is 289 g/mol. The van der Waals surface area contributed by atoms with Gasteiger partial charge in [-0.3, -0.25) is 0 Å². The molecule has 1 aromatic carbocycles. The van der Waals surface area contributed by atoms with Gasteiger partial charge in [0.15, 0.2) is 18.1 Å². The molecular formula is C12H13ClO6. The van der Waals surface area contributed by atoms with Crippen LogP contribution >= 0.6 is 11.6 Å². The molecule has 0 saturated carbocycles. The van der Waals surface area contributed by atoms with Crippen molar-refractivity contribution in [2.75, 3.05) is 27.9 Å². The lowest BCUT2D eigenvalue weighted by atomic mass is 10.2. The second kappa shape index (κ2) is 6.84. The van der Waals surface area contributed by atoms with Crippen molar-refractivity contribution in [3.63, 3.8) is 0 Å². The molecule has 7 heteroatoms.